The molecule has 0 saturated carbocycles. The van der Waals surface area contributed by atoms with Crippen molar-refractivity contribution in [2.75, 3.05) is 0 Å². The number of aromatic nitrogens is 7. The number of benzene rings is 11. The van der Waals surface area contributed by atoms with Gasteiger partial charge in [0.25, 0.3) is 0 Å². The summed E-state index contributed by atoms with van der Waals surface area (Å²) in [5, 5.41) is 4.57. The SMILES string of the molecule is CC1(C)c2ccccc2-c2cc3oc4cc(-c5ccc(-c6nc(-c7ccccc7)nc(-c7ccccn7)n6)cc5)ccc4c3cc21.CC1(C)c2ccccc2-c2cc3oc4cc(-c5cccc(-c6nc(-c7ccccc7)nc(-c7ccccc7)n6)c5)ccc4c3cc21. The maximum atomic E-state index is 6.53. The van der Waals surface area contributed by atoms with E-state index in [2.05, 4.69) is 190 Å². The van der Waals surface area contributed by atoms with Crippen molar-refractivity contribution in [3.8, 4) is 113 Å². The van der Waals surface area contributed by atoms with E-state index in [0.29, 0.717) is 40.6 Å². The molecule has 436 valence electrons. The van der Waals surface area contributed by atoms with Gasteiger partial charge in [-0.1, -0.05) is 228 Å². The molecule has 0 radical (unpaired) electrons. The highest BCUT2D eigenvalue weighted by atomic mass is 16.3. The largest absolute Gasteiger partial charge is 0.456 e. The number of hydrogen-bond donors (Lipinski definition) is 0. The zero-order chi connectivity index (χ0) is 61.7. The third kappa shape index (κ3) is 9.27. The van der Waals surface area contributed by atoms with Crippen LogP contribution in [0.4, 0.5) is 0 Å². The molecule has 92 heavy (non-hydrogen) atoms. The predicted octanol–water partition coefficient (Wildman–Crippen LogP) is 20.9. The zero-order valence-corrected chi connectivity index (χ0v) is 50.9. The predicted molar refractivity (Wildman–Crippen MR) is 371 cm³/mol. The van der Waals surface area contributed by atoms with Gasteiger partial charge in [0.15, 0.2) is 34.9 Å². The normalized spacial score (nSPS) is 13.2. The lowest BCUT2D eigenvalue weighted by Gasteiger charge is -2.21. The van der Waals surface area contributed by atoms with Crippen LogP contribution in [0.3, 0.4) is 0 Å². The van der Waals surface area contributed by atoms with E-state index >= 15 is 0 Å². The number of nitrogens with zero attached hydrogens (tertiary/aromatic N) is 7. The molecule has 9 nitrogen and oxygen atoms in total. The van der Waals surface area contributed by atoms with Gasteiger partial charge in [0.05, 0.1) is 0 Å². The van der Waals surface area contributed by atoms with Crippen LogP contribution in [0.25, 0.3) is 157 Å². The van der Waals surface area contributed by atoms with Crippen molar-refractivity contribution < 1.29 is 8.83 Å². The minimum Gasteiger partial charge on any atom is -0.456 e. The Morgan fingerprint density at radius 1 is 0.239 bits per heavy atom. The van der Waals surface area contributed by atoms with Crippen LogP contribution >= 0.6 is 0 Å². The standard InChI is InChI=1S/C42H29N3O.C41H28N4O/c1-42(2)35-19-10-9-18-31(35)33-25-38-34(24-36(33)42)32-21-20-29(23-37(32)46-38)28-16-11-17-30(22-28)41-44-39(26-12-5-3-6-13-26)43-40(45-41)27-14-7-4-8-15-27;1-41(2)33-13-7-6-12-29(33)31-24-37-32(23-34(31)41)30-20-19-28(22-36(30)46-37)25-15-17-27(18-16-25)39-43-38(26-10-4-3-5-11-26)44-40(45-39)35-14-8-9-21-42-35/h3-25H,1-2H3;3-24H,1-2H3. The molecule has 0 unspecified atom stereocenters. The highest BCUT2D eigenvalue weighted by Crippen LogP contribution is 2.53. The Hall–Kier alpha value is -11.8. The van der Waals surface area contributed by atoms with Crippen LogP contribution in [0, 0.1) is 0 Å². The molecule has 0 atom stereocenters. The number of furan rings is 2. The van der Waals surface area contributed by atoms with E-state index in [-0.39, 0.29) is 10.8 Å². The van der Waals surface area contributed by atoms with Gasteiger partial charge in [-0.25, -0.2) is 29.9 Å². The lowest BCUT2D eigenvalue weighted by atomic mass is 9.82. The highest BCUT2D eigenvalue weighted by Gasteiger charge is 2.37. The summed E-state index contributed by atoms with van der Waals surface area (Å²) in [5.74, 6) is 3.70. The summed E-state index contributed by atoms with van der Waals surface area (Å²) in [6.07, 6.45) is 1.75. The number of fused-ring (bicyclic) bond motifs is 12. The van der Waals surface area contributed by atoms with Crippen molar-refractivity contribution in [3.63, 3.8) is 0 Å². The lowest BCUT2D eigenvalue weighted by molar-refractivity contribution is 0.657. The van der Waals surface area contributed by atoms with E-state index in [9.17, 15) is 0 Å². The molecule has 2 aliphatic carbocycles. The van der Waals surface area contributed by atoms with E-state index in [1.165, 1.54) is 44.5 Å². The first-order valence-electron chi connectivity index (χ1n) is 31.1. The van der Waals surface area contributed by atoms with E-state index in [4.69, 9.17) is 38.7 Å². The van der Waals surface area contributed by atoms with Crippen LogP contribution in [0.15, 0.2) is 282 Å². The monoisotopic (exact) mass is 1180 g/mol. The molecule has 0 bridgehead atoms. The average Bonchev–Trinajstić information content (AvgIpc) is 1.57. The fourth-order valence-corrected chi connectivity index (χ4v) is 13.7. The first kappa shape index (κ1) is 54.4. The van der Waals surface area contributed by atoms with E-state index in [0.717, 1.165) is 93.9 Å². The third-order valence-corrected chi connectivity index (χ3v) is 18.5. The van der Waals surface area contributed by atoms with Crippen LogP contribution in [-0.4, -0.2) is 34.9 Å². The molecule has 0 saturated heterocycles. The molecule has 0 spiro atoms. The fraction of sp³-hybridized carbons (Fsp3) is 0.0723. The molecule has 0 fully saturated rings. The Balaban J connectivity index is 0.000000141. The summed E-state index contributed by atoms with van der Waals surface area (Å²) in [6, 6.07) is 92.2. The zero-order valence-electron chi connectivity index (χ0n) is 50.9. The van der Waals surface area contributed by atoms with Gasteiger partial charge in [0.1, 0.15) is 28.0 Å². The Morgan fingerprint density at radius 2 is 0.598 bits per heavy atom. The van der Waals surface area contributed by atoms with Gasteiger partial charge in [0.2, 0.25) is 0 Å². The van der Waals surface area contributed by atoms with E-state index in [1.807, 2.05) is 109 Å². The number of hydrogen-bond acceptors (Lipinski definition) is 9. The van der Waals surface area contributed by atoms with Gasteiger partial charge >= 0.3 is 0 Å². The molecule has 0 N–H and O–H groups in total. The number of rotatable bonds is 8. The summed E-state index contributed by atoms with van der Waals surface area (Å²) in [6.45, 7) is 9.25. The molecule has 16 aromatic rings. The van der Waals surface area contributed by atoms with Gasteiger partial charge in [0, 0.05) is 66.4 Å². The summed E-state index contributed by atoms with van der Waals surface area (Å²) in [5.41, 5.74) is 23.8. The molecular weight excluding hydrogens is 1130 g/mol. The van der Waals surface area contributed by atoms with Gasteiger partial charge in [-0.15, -0.1) is 0 Å². The minimum absolute atomic E-state index is 0.0514. The highest BCUT2D eigenvalue weighted by molar-refractivity contribution is 6.10. The maximum absolute atomic E-state index is 6.53. The summed E-state index contributed by atoms with van der Waals surface area (Å²) < 4.78 is 13.0. The van der Waals surface area contributed by atoms with Gasteiger partial charge in [-0.3, -0.25) is 4.98 Å². The van der Waals surface area contributed by atoms with Crippen LogP contribution < -0.4 is 0 Å². The first-order valence-corrected chi connectivity index (χ1v) is 31.1. The smallest absolute Gasteiger partial charge is 0.182 e. The molecular formula is C83H57N7O2. The molecule has 5 heterocycles. The van der Waals surface area contributed by atoms with Gasteiger partial charge in [-0.05, 0) is 133 Å². The summed E-state index contributed by atoms with van der Waals surface area (Å²) in [4.78, 5) is 33.6. The molecule has 11 aromatic carbocycles. The van der Waals surface area contributed by atoms with Crippen LogP contribution in [0.1, 0.15) is 49.9 Å². The maximum Gasteiger partial charge on any atom is 0.182 e. The van der Waals surface area contributed by atoms with Crippen molar-refractivity contribution in [3.05, 3.63) is 295 Å². The van der Waals surface area contributed by atoms with Crippen LogP contribution in [-0.2, 0) is 10.8 Å². The van der Waals surface area contributed by atoms with Gasteiger partial charge < -0.3 is 8.83 Å². The second-order valence-corrected chi connectivity index (χ2v) is 24.8. The third-order valence-electron chi connectivity index (χ3n) is 18.5. The van der Waals surface area contributed by atoms with Crippen molar-refractivity contribution in [1.29, 1.82) is 0 Å². The van der Waals surface area contributed by atoms with Crippen molar-refractivity contribution in [2.24, 2.45) is 0 Å². The molecule has 5 aromatic heterocycles. The Labute approximate surface area is 531 Å². The minimum atomic E-state index is -0.0557. The topological polar surface area (TPSA) is 117 Å². The molecule has 0 amide bonds. The lowest BCUT2D eigenvalue weighted by Crippen LogP contribution is -2.14. The van der Waals surface area contributed by atoms with E-state index < -0.39 is 0 Å². The van der Waals surface area contributed by atoms with Crippen LogP contribution in [0.2, 0.25) is 0 Å². The Bertz CT molecular complexity index is 5450. The van der Waals surface area contributed by atoms with E-state index in [1.54, 1.807) is 6.20 Å². The fourth-order valence-electron chi connectivity index (χ4n) is 13.7. The van der Waals surface area contributed by atoms with Crippen molar-refractivity contribution >= 4 is 43.9 Å². The Kier molecular flexibility index (Phi) is 12.7. The van der Waals surface area contributed by atoms with Crippen LogP contribution in [0.5, 0.6) is 0 Å². The van der Waals surface area contributed by atoms with Gasteiger partial charge in [-0.2, -0.15) is 0 Å². The second-order valence-electron chi connectivity index (χ2n) is 24.8. The molecule has 18 rings (SSSR count). The van der Waals surface area contributed by atoms with Crippen molar-refractivity contribution in [2.45, 2.75) is 38.5 Å². The van der Waals surface area contributed by atoms with Crippen molar-refractivity contribution in [1.82, 2.24) is 34.9 Å². The first-order chi connectivity index (χ1) is 45.1. The number of pyridine rings is 1. The molecule has 9 heteroatoms. The quantitative estimate of drug-likeness (QED) is 0.147. The Morgan fingerprint density at radius 3 is 1.08 bits per heavy atom. The molecule has 0 aliphatic heterocycles. The molecule has 2 aliphatic rings. The average molecular weight is 1180 g/mol. The summed E-state index contributed by atoms with van der Waals surface area (Å²) in [7, 11) is 0. The summed E-state index contributed by atoms with van der Waals surface area (Å²) >= 11 is 0. The second kappa shape index (κ2) is 21.5.